The molecule has 0 N–H and O–H groups in total. The van der Waals surface area contributed by atoms with Gasteiger partial charge < -0.3 is 4.74 Å². The SMILES string of the molecule is CC[C@H](c1nnnn1C(C)(C)C)N1CCN(Cc2ccccc2OC)CC1. The monoisotopic (exact) mass is 372 g/mol. The number of nitrogens with zero attached hydrogens (tertiary/aromatic N) is 6. The first-order valence-electron chi connectivity index (χ1n) is 9.81. The molecule has 1 aromatic heterocycles. The fourth-order valence-electron chi connectivity index (χ4n) is 3.79. The Bertz CT molecular complexity index is 730. The van der Waals surface area contributed by atoms with E-state index < -0.39 is 0 Å². The average molecular weight is 373 g/mol. The highest BCUT2D eigenvalue weighted by Crippen LogP contribution is 2.27. The normalized spacial score (nSPS) is 17.8. The molecule has 1 saturated heterocycles. The Balaban J connectivity index is 1.65. The summed E-state index contributed by atoms with van der Waals surface area (Å²) < 4.78 is 7.47. The van der Waals surface area contributed by atoms with E-state index in [0.29, 0.717) is 0 Å². The van der Waals surface area contributed by atoms with Gasteiger partial charge in [0.05, 0.1) is 18.7 Å². The molecular weight excluding hydrogens is 340 g/mol. The van der Waals surface area contributed by atoms with Crippen LogP contribution in [-0.4, -0.2) is 63.3 Å². The molecule has 0 radical (unpaired) electrons. The van der Waals surface area contributed by atoms with Crippen LogP contribution in [0.5, 0.6) is 5.75 Å². The zero-order valence-corrected chi connectivity index (χ0v) is 17.2. The van der Waals surface area contributed by atoms with E-state index >= 15 is 0 Å². The van der Waals surface area contributed by atoms with Crippen LogP contribution in [0.4, 0.5) is 0 Å². The van der Waals surface area contributed by atoms with E-state index in [9.17, 15) is 0 Å². The number of aromatic nitrogens is 4. The summed E-state index contributed by atoms with van der Waals surface area (Å²) >= 11 is 0. The topological polar surface area (TPSA) is 59.3 Å². The quantitative estimate of drug-likeness (QED) is 0.777. The first-order chi connectivity index (χ1) is 12.9. The van der Waals surface area contributed by atoms with Gasteiger partial charge in [-0.2, -0.15) is 0 Å². The Hall–Kier alpha value is -1.99. The maximum Gasteiger partial charge on any atom is 0.168 e. The maximum atomic E-state index is 5.50. The van der Waals surface area contributed by atoms with Gasteiger partial charge in [-0.25, -0.2) is 4.68 Å². The van der Waals surface area contributed by atoms with Gasteiger partial charge in [-0.05, 0) is 43.7 Å². The molecule has 0 spiro atoms. The van der Waals surface area contributed by atoms with Crippen molar-refractivity contribution in [2.45, 2.75) is 52.2 Å². The van der Waals surface area contributed by atoms with E-state index in [4.69, 9.17) is 4.74 Å². The Morgan fingerprint density at radius 1 is 1.11 bits per heavy atom. The Kier molecular flexibility index (Phi) is 6.11. The predicted molar refractivity (Wildman–Crippen MR) is 106 cm³/mol. The van der Waals surface area contributed by atoms with Crippen LogP contribution in [0.2, 0.25) is 0 Å². The molecule has 7 nitrogen and oxygen atoms in total. The van der Waals surface area contributed by atoms with Crippen LogP contribution in [0.25, 0.3) is 0 Å². The average Bonchev–Trinajstić information content (AvgIpc) is 3.14. The van der Waals surface area contributed by atoms with Gasteiger partial charge >= 0.3 is 0 Å². The molecule has 148 valence electrons. The van der Waals surface area contributed by atoms with E-state index in [-0.39, 0.29) is 11.6 Å². The van der Waals surface area contributed by atoms with Crippen LogP contribution in [0, 0.1) is 0 Å². The zero-order valence-electron chi connectivity index (χ0n) is 17.2. The van der Waals surface area contributed by atoms with Gasteiger partial charge in [-0.1, -0.05) is 25.1 Å². The van der Waals surface area contributed by atoms with Gasteiger partial charge in [0.2, 0.25) is 0 Å². The molecule has 1 aliphatic heterocycles. The van der Waals surface area contributed by atoms with Crippen LogP contribution >= 0.6 is 0 Å². The minimum atomic E-state index is -0.113. The summed E-state index contributed by atoms with van der Waals surface area (Å²) in [6.07, 6.45) is 1.00. The molecule has 2 heterocycles. The molecule has 0 saturated carbocycles. The minimum Gasteiger partial charge on any atom is -0.496 e. The van der Waals surface area contributed by atoms with Crippen molar-refractivity contribution in [1.82, 2.24) is 30.0 Å². The zero-order chi connectivity index (χ0) is 19.4. The number of hydrogen-bond donors (Lipinski definition) is 0. The second kappa shape index (κ2) is 8.35. The highest BCUT2D eigenvalue weighted by Gasteiger charge is 2.30. The maximum absolute atomic E-state index is 5.50. The van der Waals surface area contributed by atoms with Crippen LogP contribution in [0.1, 0.15) is 51.5 Å². The van der Waals surface area contributed by atoms with Crippen LogP contribution < -0.4 is 4.74 Å². The molecule has 2 aromatic rings. The number of piperazine rings is 1. The second-order valence-corrected chi connectivity index (χ2v) is 8.17. The van der Waals surface area contributed by atoms with Crippen molar-refractivity contribution >= 4 is 0 Å². The van der Waals surface area contributed by atoms with Gasteiger partial charge in [0.25, 0.3) is 0 Å². The van der Waals surface area contributed by atoms with Crippen molar-refractivity contribution in [3.8, 4) is 5.75 Å². The van der Waals surface area contributed by atoms with Gasteiger partial charge in [-0.15, -0.1) is 5.10 Å². The van der Waals surface area contributed by atoms with Crippen molar-refractivity contribution in [1.29, 1.82) is 0 Å². The van der Waals surface area contributed by atoms with E-state index in [2.05, 4.69) is 65.2 Å². The number of methoxy groups -OCH3 is 1. The Labute approximate surface area is 162 Å². The molecule has 0 aliphatic carbocycles. The van der Waals surface area contributed by atoms with Gasteiger partial charge in [0, 0.05) is 38.3 Å². The third-order valence-electron chi connectivity index (χ3n) is 5.25. The van der Waals surface area contributed by atoms with E-state index in [0.717, 1.165) is 50.7 Å². The first-order valence-corrected chi connectivity index (χ1v) is 9.81. The number of tetrazole rings is 1. The number of ether oxygens (including phenoxy) is 1. The lowest BCUT2D eigenvalue weighted by atomic mass is 10.1. The number of benzene rings is 1. The summed E-state index contributed by atoms with van der Waals surface area (Å²) in [4.78, 5) is 5.01. The molecule has 1 atom stereocenters. The first kappa shape index (κ1) is 19.8. The van der Waals surface area contributed by atoms with Crippen LogP contribution in [0.3, 0.4) is 0 Å². The fourth-order valence-corrected chi connectivity index (χ4v) is 3.79. The van der Waals surface area contributed by atoms with Crippen LogP contribution in [-0.2, 0) is 12.1 Å². The standard InChI is InChI=1S/C20H32N6O/c1-6-17(19-21-22-23-26(19)20(2,3)4)25-13-11-24(12-14-25)15-16-9-7-8-10-18(16)27-5/h7-10,17H,6,11-15H2,1-5H3/t17-/m1/s1. The van der Waals surface area contributed by atoms with Crippen molar-refractivity contribution < 1.29 is 4.74 Å². The fraction of sp³-hybridized carbons (Fsp3) is 0.650. The lowest BCUT2D eigenvalue weighted by molar-refractivity contribution is 0.0815. The van der Waals surface area contributed by atoms with E-state index in [1.54, 1.807) is 7.11 Å². The highest BCUT2D eigenvalue weighted by atomic mass is 16.5. The molecule has 0 bridgehead atoms. The summed E-state index contributed by atoms with van der Waals surface area (Å²) in [5.41, 5.74) is 1.13. The molecule has 7 heteroatoms. The van der Waals surface area contributed by atoms with Gasteiger partial charge in [-0.3, -0.25) is 9.80 Å². The largest absolute Gasteiger partial charge is 0.496 e. The molecular formula is C20H32N6O. The molecule has 27 heavy (non-hydrogen) atoms. The number of para-hydroxylation sites is 1. The van der Waals surface area contributed by atoms with E-state index in [1.165, 1.54) is 5.56 Å². The Morgan fingerprint density at radius 2 is 1.81 bits per heavy atom. The highest BCUT2D eigenvalue weighted by molar-refractivity contribution is 5.33. The van der Waals surface area contributed by atoms with Crippen molar-refractivity contribution in [3.63, 3.8) is 0 Å². The summed E-state index contributed by atoms with van der Waals surface area (Å²) in [6, 6.07) is 8.54. The number of hydrogen-bond acceptors (Lipinski definition) is 6. The van der Waals surface area contributed by atoms with E-state index in [1.807, 2.05) is 16.8 Å². The summed E-state index contributed by atoms with van der Waals surface area (Å²) in [5, 5.41) is 12.6. The lowest BCUT2D eigenvalue weighted by Crippen LogP contribution is -2.48. The Morgan fingerprint density at radius 3 is 2.44 bits per heavy atom. The predicted octanol–water partition coefficient (Wildman–Crippen LogP) is 2.71. The van der Waals surface area contributed by atoms with Crippen molar-refractivity contribution in [3.05, 3.63) is 35.7 Å². The molecule has 1 fully saturated rings. The molecule has 1 aromatic carbocycles. The summed E-state index contributed by atoms with van der Waals surface area (Å²) in [7, 11) is 1.74. The molecule has 3 rings (SSSR count). The molecule has 0 unspecified atom stereocenters. The summed E-state index contributed by atoms with van der Waals surface area (Å²) in [6.45, 7) is 13.7. The third-order valence-corrected chi connectivity index (χ3v) is 5.25. The lowest BCUT2D eigenvalue weighted by Gasteiger charge is -2.39. The van der Waals surface area contributed by atoms with Gasteiger partial charge in [0.15, 0.2) is 5.82 Å². The molecule has 0 amide bonds. The smallest absolute Gasteiger partial charge is 0.168 e. The van der Waals surface area contributed by atoms with Crippen molar-refractivity contribution in [2.24, 2.45) is 0 Å². The van der Waals surface area contributed by atoms with Crippen LogP contribution in [0.15, 0.2) is 24.3 Å². The summed E-state index contributed by atoms with van der Waals surface area (Å²) in [5.74, 6) is 1.94. The second-order valence-electron chi connectivity index (χ2n) is 8.17. The minimum absolute atomic E-state index is 0.113. The molecule has 1 aliphatic rings. The number of rotatable bonds is 6. The van der Waals surface area contributed by atoms with Crippen molar-refractivity contribution in [2.75, 3.05) is 33.3 Å². The van der Waals surface area contributed by atoms with Gasteiger partial charge in [0.1, 0.15) is 5.75 Å². The third kappa shape index (κ3) is 4.47.